The van der Waals surface area contributed by atoms with Crippen molar-refractivity contribution in [2.75, 3.05) is 32.8 Å². The highest BCUT2D eigenvalue weighted by molar-refractivity contribution is 4.71. The normalized spacial score (nSPS) is 15.7. The van der Waals surface area contributed by atoms with Crippen LogP contribution in [0.1, 0.15) is 58.8 Å². The summed E-state index contributed by atoms with van der Waals surface area (Å²) in [4.78, 5) is 2.46. The lowest BCUT2D eigenvalue weighted by atomic mass is 10.0. The van der Waals surface area contributed by atoms with Gasteiger partial charge in [0.1, 0.15) is 0 Å². The molecule has 1 heterocycles. The maximum Gasteiger partial charge on any atom is 0.0478 e. The Morgan fingerprint density at radius 2 is 1.53 bits per heavy atom. The van der Waals surface area contributed by atoms with Crippen molar-refractivity contribution in [3.8, 4) is 0 Å². The van der Waals surface area contributed by atoms with Gasteiger partial charge in [-0.15, -0.1) is 0 Å². The van der Waals surface area contributed by atoms with E-state index < -0.39 is 0 Å². The van der Waals surface area contributed by atoms with Crippen LogP contribution in [0.2, 0.25) is 0 Å². The summed E-state index contributed by atoms with van der Waals surface area (Å²) < 4.78 is 5.63. The minimum absolute atomic E-state index is 0.876. The van der Waals surface area contributed by atoms with Gasteiger partial charge in [-0.3, -0.25) is 0 Å². The highest BCUT2D eigenvalue weighted by Crippen LogP contribution is 2.10. The molecule has 1 aliphatic heterocycles. The Bertz CT molecular complexity index is 156. The second-order valence-electron chi connectivity index (χ2n) is 5.76. The van der Waals surface area contributed by atoms with E-state index in [1.165, 1.54) is 64.6 Å². The molecule has 1 rings (SSSR count). The SMILES string of the molecule is CC(C)CCCCCCCOCCCN1CC1. The molecule has 0 saturated carbocycles. The zero-order valence-electron chi connectivity index (χ0n) is 11.9. The molecule has 17 heavy (non-hydrogen) atoms. The van der Waals surface area contributed by atoms with E-state index in [0.717, 1.165) is 19.1 Å². The van der Waals surface area contributed by atoms with Crippen LogP contribution >= 0.6 is 0 Å². The Hall–Kier alpha value is -0.0800. The molecule has 0 bridgehead atoms. The van der Waals surface area contributed by atoms with Gasteiger partial charge in [0.25, 0.3) is 0 Å². The third-order valence-electron chi connectivity index (χ3n) is 3.37. The number of unbranched alkanes of at least 4 members (excludes halogenated alkanes) is 4. The fourth-order valence-electron chi connectivity index (χ4n) is 2.07. The molecule has 0 atom stereocenters. The van der Waals surface area contributed by atoms with Crippen molar-refractivity contribution >= 4 is 0 Å². The molecule has 0 N–H and O–H groups in total. The second kappa shape index (κ2) is 9.90. The zero-order chi connectivity index (χ0) is 12.3. The first-order valence-corrected chi connectivity index (χ1v) is 7.59. The van der Waals surface area contributed by atoms with Crippen LogP contribution in [0.3, 0.4) is 0 Å². The molecule has 1 fully saturated rings. The van der Waals surface area contributed by atoms with Crippen molar-refractivity contribution in [1.29, 1.82) is 0 Å². The van der Waals surface area contributed by atoms with Crippen molar-refractivity contribution in [2.24, 2.45) is 5.92 Å². The molecule has 0 unspecified atom stereocenters. The Kier molecular flexibility index (Phi) is 8.72. The molecule has 0 amide bonds. The number of hydrogen-bond acceptors (Lipinski definition) is 2. The molecular weight excluding hydrogens is 210 g/mol. The number of ether oxygens (including phenoxy) is 1. The Morgan fingerprint density at radius 1 is 0.882 bits per heavy atom. The third-order valence-corrected chi connectivity index (χ3v) is 3.37. The predicted molar refractivity (Wildman–Crippen MR) is 74.4 cm³/mol. The topological polar surface area (TPSA) is 12.2 Å². The van der Waals surface area contributed by atoms with Crippen LogP contribution in [0.15, 0.2) is 0 Å². The standard InChI is InChI=1S/C15H31NO/c1-15(2)9-6-4-3-5-7-13-17-14-8-10-16-11-12-16/h15H,3-14H2,1-2H3. The summed E-state index contributed by atoms with van der Waals surface area (Å²) in [5, 5.41) is 0. The molecule has 0 aliphatic carbocycles. The van der Waals surface area contributed by atoms with E-state index in [-0.39, 0.29) is 0 Å². The average Bonchev–Trinajstić information content (AvgIpc) is 3.09. The average molecular weight is 241 g/mol. The second-order valence-corrected chi connectivity index (χ2v) is 5.76. The molecule has 2 heteroatoms. The number of rotatable bonds is 12. The van der Waals surface area contributed by atoms with Gasteiger partial charge in [0.05, 0.1) is 0 Å². The van der Waals surface area contributed by atoms with Crippen molar-refractivity contribution < 1.29 is 4.74 Å². The summed E-state index contributed by atoms with van der Waals surface area (Å²) in [6.45, 7) is 10.4. The van der Waals surface area contributed by atoms with Crippen molar-refractivity contribution in [3.63, 3.8) is 0 Å². The minimum atomic E-state index is 0.876. The molecule has 0 radical (unpaired) electrons. The monoisotopic (exact) mass is 241 g/mol. The van der Waals surface area contributed by atoms with Gasteiger partial charge in [0.2, 0.25) is 0 Å². The lowest BCUT2D eigenvalue weighted by molar-refractivity contribution is 0.125. The predicted octanol–water partition coefficient (Wildman–Crippen LogP) is 3.71. The lowest BCUT2D eigenvalue weighted by Crippen LogP contribution is -2.05. The number of hydrogen-bond donors (Lipinski definition) is 0. The van der Waals surface area contributed by atoms with E-state index in [4.69, 9.17) is 4.74 Å². The van der Waals surface area contributed by atoms with Crippen LogP contribution < -0.4 is 0 Å². The van der Waals surface area contributed by atoms with Gasteiger partial charge >= 0.3 is 0 Å². The fourth-order valence-corrected chi connectivity index (χ4v) is 2.07. The highest BCUT2D eigenvalue weighted by atomic mass is 16.5. The Balaban J connectivity index is 1.63. The summed E-state index contributed by atoms with van der Waals surface area (Å²) in [7, 11) is 0. The molecule has 0 aromatic heterocycles. The van der Waals surface area contributed by atoms with Gasteiger partial charge in [-0.2, -0.15) is 0 Å². The van der Waals surface area contributed by atoms with E-state index in [1.54, 1.807) is 0 Å². The fraction of sp³-hybridized carbons (Fsp3) is 1.00. The quantitative estimate of drug-likeness (QED) is 0.381. The Labute approximate surface area is 108 Å². The summed E-state index contributed by atoms with van der Waals surface area (Å²) in [6, 6.07) is 0. The van der Waals surface area contributed by atoms with E-state index >= 15 is 0 Å². The summed E-state index contributed by atoms with van der Waals surface area (Å²) in [5.74, 6) is 0.876. The van der Waals surface area contributed by atoms with Crippen LogP contribution in [0.4, 0.5) is 0 Å². The molecule has 102 valence electrons. The molecule has 0 aromatic carbocycles. The smallest absolute Gasteiger partial charge is 0.0478 e. The first-order valence-electron chi connectivity index (χ1n) is 7.59. The summed E-state index contributed by atoms with van der Waals surface area (Å²) >= 11 is 0. The van der Waals surface area contributed by atoms with Crippen LogP contribution in [0, 0.1) is 5.92 Å². The van der Waals surface area contributed by atoms with Crippen LogP contribution in [-0.2, 0) is 4.74 Å². The van der Waals surface area contributed by atoms with Gasteiger partial charge in [-0.05, 0) is 18.8 Å². The molecule has 0 spiro atoms. The van der Waals surface area contributed by atoms with Crippen molar-refractivity contribution in [3.05, 3.63) is 0 Å². The summed E-state index contributed by atoms with van der Waals surface area (Å²) in [5.41, 5.74) is 0. The van der Waals surface area contributed by atoms with Crippen LogP contribution in [0.5, 0.6) is 0 Å². The van der Waals surface area contributed by atoms with Crippen molar-refractivity contribution in [2.45, 2.75) is 58.8 Å². The Morgan fingerprint density at radius 3 is 2.24 bits per heavy atom. The molecular formula is C15H31NO. The van der Waals surface area contributed by atoms with E-state index in [1.807, 2.05) is 0 Å². The first kappa shape index (κ1) is 15.0. The first-order chi connectivity index (χ1) is 8.29. The molecule has 0 aromatic rings. The van der Waals surface area contributed by atoms with E-state index in [2.05, 4.69) is 18.7 Å². The maximum atomic E-state index is 5.63. The van der Waals surface area contributed by atoms with Crippen molar-refractivity contribution in [1.82, 2.24) is 4.90 Å². The molecule has 1 saturated heterocycles. The van der Waals surface area contributed by atoms with Gasteiger partial charge in [0.15, 0.2) is 0 Å². The number of nitrogens with zero attached hydrogens (tertiary/aromatic N) is 1. The lowest BCUT2D eigenvalue weighted by Gasteiger charge is -2.05. The highest BCUT2D eigenvalue weighted by Gasteiger charge is 2.15. The largest absolute Gasteiger partial charge is 0.381 e. The van der Waals surface area contributed by atoms with E-state index in [0.29, 0.717) is 0 Å². The third kappa shape index (κ3) is 10.8. The van der Waals surface area contributed by atoms with Crippen LogP contribution in [-0.4, -0.2) is 37.7 Å². The van der Waals surface area contributed by atoms with E-state index in [9.17, 15) is 0 Å². The summed E-state index contributed by atoms with van der Waals surface area (Å²) in [6.07, 6.45) is 9.43. The van der Waals surface area contributed by atoms with Gasteiger partial charge < -0.3 is 9.64 Å². The molecule has 2 nitrogen and oxygen atoms in total. The minimum Gasteiger partial charge on any atom is -0.381 e. The molecule has 1 aliphatic rings. The van der Waals surface area contributed by atoms with Gasteiger partial charge in [-0.1, -0.05) is 46.0 Å². The zero-order valence-corrected chi connectivity index (χ0v) is 11.9. The van der Waals surface area contributed by atoms with Gasteiger partial charge in [0, 0.05) is 32.8 Å². The van der Waals surface area contributed by atoms with Crippen LogP contribution in [0.25, 0.3) is 0 Å². The maximum absolute atomic E-state index is 5.63. The van der Waals surface area contributed by atoms with Gasteiger partial charge in [-0.25, -0.2) is 0 Å².